The molecule has 0 spiro atoms. The van der Waals surface area contributed by atoms with E-state index in [0.717, 1.165) is 25.7 Å². The minimum atomic E-state index is -4.61. The maximum absolute atomic E-state index is 12.8. The number of nitrogens with zero attached hydrogens (tertiary/aromatic N) is 3. The molecule has 1 saturated carbocycles. The molecule has 3 rings (SSSR count). The lowest BCUT2D eigenvalue weighted by molar-refractivity contribution is -0.137. The van der Waals surface area contributed by atoms with Gasteiger partial charge in [0.15, 0.2) is 0 Å². The molecule has 162 valence electrons. The zero-order valence-electron chi connectivity index (χ0n) is 16.7. The number of halogens is 4. The summed E-state index contributed by atoms with van der Waals surface area (Å²) in [6, 6.07) is -0.0830. The average molecular weight is 435 g/mol. The van der Waals surface area contributed by atoms with Gasteiger partial charge < -0.3 is 15.0 Å². The molecular formula is C19H26ClF3N4O2. The van der Waals surface area contributed by atoms with E-state index in [-0.39, 0.29) is 24.1 Å². The Kier molecular flexibility index (Phi) is 6.17. The van der Waals surface area contributed by atoms with Crippen molar-refractivity contribution in [2.45, 2.75) is 76.7 Å². The van der Waals surface area contributed by atoms with Gasteiger partial charge in [0, 0.05) is 24.8 Å². The Labute approximate surface area is 173 Å². The summed E-state index contributed by atoms with van der Waals surface area (Å²) < 4.78 is 44.1. The first kappa shape index (κ1) is 21.9. The normalized spacial score (nSPS) is 23.5. The number of rotatable bonds is 3. The molecule has 1 aliphatic carbocycles. The number of alkyl halides is 3. The van der Waals surface area contributed by atoms with Gasteiger partial charge in [0.2, 0.25) is 5.95 Å². The summed E-state index contributed by atoms with van der Waals surface area (Å²) in [5, 5.41) is 2.37. The van der Waals surface area contributed by atoms with Gasteiger partial charge in [-0.2, -0.15) is 13.2 Å². The summed E-state index contributed by atoms with van der Waals surface area (Å²) in [6.07, 6.45) is 0.598. The Balaban J connectivity index is 1.71. The highest BCUT2D eigenvalue weighted by molar-refractivity contribution is 6.30. The number of likely N-dealkylation sites (tertiary alicyclic amines) is 1. The highest BCUT2D eigenvalue weighted by atomic mass is 35.5. The van der Waals surface area contributed by atoms with E-state index in [1.807, 2.05) is 20.8 Å². The van der Waals surface area contributed by atoms with Crippen LogP contribution in [0, 0.1) is 5.92 Å². The topological polar surface area (TPSA) is 67.3 Å². The SMILES string of the molecule is CC(C)(C)OC(=O)N1CC(Nc2ncc(C(F)(F)F)c(Cl)n2)CCC1C1CCC1. The summed E-state index contributed by atoms with van der Waals surface area (Å²) in [5.74, 6) is 0.486. The molecule has 1 aromatic heterocycles. The Bertz CT molecular complexity index is 750. The molecule has 6 nitrogen and oxygen atoms in total. The summed E-state index contributed by atoms with van der Waals surface area (Å²) in [5.41, 5.74) is -1.68. The maximum Gasteiger partial charge on any atom is 0.420 e. The van der Waals surface area contributed by atoms with Gasteiger partial charge in [-0.1, -0.05) is 18.0 Å². The summed E-state index contributed by atoms with van der Waals surface area (Å²) in [6.45, 7) is 5.83. The number of hydrogen-bond acceptors (Lipinski definition) is 5. The maximum atomic E-state index is 12.8. The zero-order valence-corrected chi connectivity index (χ0v) is 17.5. The van der Waals surface area contributed by atoms with E-state index in [1.165, 1.54) is 6.42 Å². The molecule has 2 heterocycles. The molecule has 0 bridgehead atoms. The third-order valence-electron chi connectivity index (χ3n) is 5.33. The lowest BCUT2D eigenvalue weighted by Gasteiger charge is -2.46. The van der Waals surface area contributed by atoms with Crippen LogP contribution >= 0.6 is 11.6 Å². The molecule has 0 radical (unpaired) electrons. The van der Waals surface area contributed by atoms with Crippen LogP contribution in [0.5, 0.6) is 0 Å². The molecule has 2 aliphatic rings. The highest BCUT2D eigenvalue weighted by Crippen LogP contribution is 2.38. The smallest absolute Gasteiger partial charge is 0.420 e. The van der Waals surface area contributed by atoms with Crippen LogP contribution in [0.15, 0.2) is 6.20 Å². The first-order valence-electron chi connectivity index (χ1n) is 9.80. The number of aromatic nitrogens is 2. The fourth-order valence-corrected chi connectivity index (χ4v) is 3.99. The van der Waals surface area contributed by atoms with Crippen LogP contribution < -0.4 is 5.32 Å². The van der Waals surface area contributed by atoms with Crippen molar-refractivity contribution < 1.29 is 22.7 Å². The van der Waals surface area contributed by atoms with Crippen LogP contribution in [0.25, 0.3) is 0 Å². The molecule has 1 saturated heterocycles. The van der Waals surface area contributed by atoms with Crippen LogP contribution in [-0.2, 0) is 10.9 Å². The van der Waals surface area contributed by atoms with Crippen molar-refractivity contribution in [2.75, 3.05) is 11.9 Å². The Morgan fingerprint density at radius 1 is 1.24 bits per heavy atom. The fraction of sp³-hybridized carbons (Fsp3) is 0.737. The van der Waals surface area contributed by atoms with E-state index in [1.54, 1.807) is 4.90 Å². The van der Waals surface area contributed by atoms with E-state index in [4.69, 9.17) is 16.3 Å². The monoisotopic (exact) mass is 434 g/mol. The number of amides is 1. The molecule has 2 fully saturated rings. The number of hydrogen-bond donors (Lipinski definition) is 1. The van der Waals surface area contributed by atoms with E-state index < -0.39 is 22.5 Å². The Hall–Kier alpha value is -1.77. The van der Waals surface area contributed by atoms with Crippen LogP contribution in [-0.4, -0.2) is 45.2 Å². The number of carbonyl (C=O) groups excluding carboxylic acids is 1. The quantitative estimate of drug-likeness (QED) is 0.668. The summed E-state index contributed by atoms with van der Waals surface area (Å²) in [4.78, 5) is 22.0. The number of carbonyl (C=O) groups is 1. The first-order valence-corrected chi connectivity index (χ1v) is 10.2. The van der Waals surface area contributed by atoms with Gasteiger partial charge in [0.05, 0.1) is 0 Å². The number of anilines is 1. The predicted molar refractivity (Wildman–Crippen MR) is 103 cm³/mol. The number of nitrogens with one attached hydrogen (secondary N) is 1. The van der Waals surface area contributed by atoms with Gasteiger partial charge in [0.1, 0.15) is 16.3 Å². The Morgan fingerprint density at radius 3 is 2.45 bits per heavy atom. The molecule has 10 heteroatoms. The lowest BCUT2D eigenvalue weighted by Crippen LogP contribution is -2.55. The summed E-state index contributed by atoms with van der Waals surface area (Å²) >= 11 is 5.68. The van der Waals surface area contributed by atoms with Gasteiger partial charge in [-0.3, -0.25) is 0 Å². The van der Waals surface area contributed by atoms with Crippen LogP contribution in [0.4, 0.5) is 23.9 Å². The van der Waals surface area contributed by atoms with Gasteiger partial charge in [-0.25, -0.2) is 14.8 Å². The average Bonchev–Trinajstić information content (AvgIpc) is 2.51. The van der Waals surface area contributed by atoms with Crippen molar-refractivity contribution in [3.05, 3.63) is 16.9 Å². The second-order valence-electron chi connectivity index (χ2n) is 8.71. The third-order valence-corrected chi connectivity index (χ3v) is 5.62. The van der Waals surface area contributed by atoms with Crippen molar-refractivity contribution in [3.63, 3.8) is 0 Å². The van der Waals surface area contributed by atoms with Crippen molar-refractivity contribution in [3.8, 4) is 0 Å². The number of ether oxygens (including phenoxy) is 1. The molecule has 1 aliphatic heterocycles. The van der Waals surface area contributed by atoms with Crippen molar-refractivity contribution in [1.82, 2.24) is 14.9 Å². The van der Waals surface area contributed by atoms with Crippen LogP contribution in [0.3, 0.4) is 0 Å². The standard InChI is InChI=1S/C19H26ClF3N4O2/c1-18(2,3)29-17(28)27-10-12(7-8-14(27)11-5-4-6-11)25-16-24-9-13(15(20)26-16)19(21,22)23/h9,11-12,14H,4-8,10H2,1-3H3,(H,24,25,26). The molecule has 2 unspecified atom stereocenters. The van der Waals surface area contributed by atoms with Crippen molar-refractivity contribution >= 4 is 23.6 Å². The third kappa shape index (κ3) is 5.43. The minimum absolute atomic E-state index is 0.0132. The van der Waals surface area contributed by atoms with E-state index in [9.17, 15) is 18.0 Å². The van der Waals surface area contributed by atoms with E-state index in [2.05, 4.69) is 15.3 Å². The van der Waals surface area contributed by atoms with E-state index in [0.29, 0.717) is 18.7 Å². The number of piperidine rings is 1. The van der Waals surface area contributed by atoms with Crippen LogP contribution in [0.1, 0.15) is 58.4 Å². The van der Waals surface area contributed by atoms with Gasteiger partial charge in [-0.15, -0.1) is 0 Å². The molecule has 1 aromatic rings. The summed E-state index contributed by atoms with van der Waals surface area (Å²) in [7, 11) is 0. The van der Waals surface area contributed by atoms with Gasteiger partial charge in [0.25, 0.3) is 0 Å². The largest absolute Gasteiger partial charge is 0.444 e. The van der Waals surface area contributed by atoms with Crippen molar-refractivity contribution in [2.24, 2.45) is 5.92 Å². The van der Waals surface area contributed by atoms with Crippen LogP contribution in [0.2, 0.25) is 5.15 Å². The highest BCUT2D eigenvalue weighted by Gasteiger charge is 2.40. The van der Waals surface area contributed by atoms with E-state index >= 15 is 0 Å². The predicted octanol–water partition coefficient (Wildman–Crippen LogP) is 5.13. The zero-order chi connectivity index (χ0) is 21.4. The molecule has 1 amide bonds. The molecule has 2 atom stereocenters. The lowest BCUT2D eigenvalue weighted by atomic mass is 9.75. The molecule has 29 heavy (non-hydrogen) atoms. The minimum Gasteiger partial charge on any atom is -0.444 e. The molecule has 1 N–H and O–H groups in total. The van der Waals surface area contributed by atoms with Crippen molar-refractivity contribution in [1.29, 1.82) is 0 Å². The molecular weight excluding hydrogens is 409 g/mol. The first-order chi connectivity index (χ1) is 13.4. The molecule has 0 aromatic carbocycles. The van der Waals surface area contributed by atoms with Gasteiger partial charge in [-0.05, 0) is 52.4 Å². The second-order valence-corrected chi connectivity index (χ2v) is 9.06. The van der Waals surface area contributed by atoms with Gasteiger partial charge >= 0.3 is 12.3 Å². The second kappa shape index (κ2) is 8.16. The fourth-order valence-electron chi connectivity index (χ4n) is 3.76. The Morgan fingerprint density at radius 2 is 1.93 bits per heavy atom.